The van der Waals surface area contributed by atoms with E-state index < -0.39 is 11.7 Å². The van der Waals surface area contributed by atoms with Crippen molar-refractivity contribution >= 4 is 17.1 Å². The largest absolute Gasteiger partial charge is 0.444 e. The molecule has 24 heavy (non-hydrogen) atoms. The van der Waals surface area contributed by atoms with E-state index in [9.17, 15) is 9.18 Å². The van der Waals surface area contributed by atoms with Gasteiger partial charge in [-0.25, -0.2) is 14.2 Å². The fourth-order valence-electron chi connectivity index (χ4n) is 2.69. The molecule has 0 saturated heterocycles. The van der Waals surface area contributed by atoms with Crippen LogP contribution in [-0.2, 0) is 17.7 Å². The molecule has 1 aromatic carbocycles. The summed E-state index contributed by atoms with van der Waals surface area (Å²) in [6.07, 6.45) is 2.58. The zero-order valence-electron chi connectivity index (χ0n) is 14.4. The highest BCUT2D eigenvalue weighted by Gasteiger charge is 2.24. The molecule has 6 heteroatoms. The molecule has 0 aliphatic heterocycles. The standard InChI is InChI=1S/C18H24FN3O2/c1-18(2,3)24-17(23)20-9-8-16-21-14-7-6-13(19)10-15(14)22(16)11-12-4-5-12/h6-7,10,12H,4-5,8-9,11H2,1-3H3,(H,20,23). The van der Waals surface area contributed by atoms with Crippen LogP contribution in [-0.4, -0.2) is 27.8 Å². The van der Waals surface area contributed by atoms with Crippen molar-refractivity contribution in [1.29, 1.82) is 0 Å². The molecule has 1 aromatic heterocycles. The summed E-state index contributed by atoms with van der Waals surface area (Å²) in [6.45, 7) is 6.79. The van der Waals surface area contributed by atoms with Crippen LogP contribution >= 0.6 is 0 Å². The van der Waals surface area contributed by atoms with Gasteiger partial charge in [0.25, 0.3) is 0 Å². The summed E-state index contributed by atoms with van der Waals surface area (Å²) in [5, 5.41) is 2.75. The van der Waals surface area contributed by atoms with Gasteiger partial charge in [0.2, 0.25) is 0 Å². The number of amides is 1. The van der Waals surface area contributed by atoms with Gasteiger partial charge in [0.1, 0.15) is 17.2 Å². The summed E-state index contributed by atoms with van der Waals surface area (Å²) < 4.78 is 20.9. The average Bonchev–Trinajstić information content (AvgIpc) is 3.21. The van der Waals surface area contributed by atoms with Crippen LogP contribution in [0.25, 0.3) is 11.0 Å². The molecule has 5 nitrogen and oxygen atoms in total. The minimum Gasteiger partial charge on any atom is -0.444 e. The highest BCUT2D eigenvalue weighted by atomic mass is 19.1. The number of carbonyl (C=O) groups excluding carboxylic acids is 1. The van der Waals surface area contributed by atoms with E-state index in [2.05, 4.69) is 14.9 Å². The van der Waals surface area contributed by atoms with Crippen molar-refractivity contribution in [3.63, 3.8) is 0 Å². The molecule has 2 aromatic rings. The van der Waals surface area contributed by atoms with Crippen LogP contribution in [0.3, 0.4) is 0 Å². The minimum atomic E-state index is -0.513. The molecular weight excluding hydrogens is 309 g/mol. The summed E-state index contributed by atoms with van der Waals surface area (Å²) in [5.41, 5.74) is 1.11. The maximum atomic E-state index is 13.6. The zero-order chi connectivity index (χ0) is 17.3. The molecule has 0 radical (unpaired) electrons. The maximum absolute atomic E-state index is 13.6. The van der Waals surface area contributed by atoms with Gasteiger partial charge in [0.15, 0.2) is 0 Å². The van der Waals surface area contributed by atoms with Gasteiger partial charge in [-0.1, -0.05) is 0 Å². The molecule has 0 spiro atoms. The van der Waals surface area contributed by atoms with Crippen molar-refractivity contribution in [2.45, 2.75) is 52.2 Å². The van der Waals surface area contributed by atoms with Crippen LogP contribution in [0.4, 0.5) is 9.18 Å². The van der Waals surface area contributed by atoms with Crippen LogP contribution in [0.2, 0.25) is 0 Å². The van der Waals surface area contributed by atoms with Crippen LogP contribution in [0.15, 0.2) is 18.2 Å². The van der Waals surface area contributed by atoms with Gasteiger partial charge in [-0.3, -0.25) is 0 Å². The highest BCUT2D eigenvalue weighted by Crippen LogP contribution is 2.32. The lowest BCUT2D eigenvalue weighted by atomic mass is 10.2. The fraction of sp³-hybridized carbons (Fsp3) is 0.556. The number of nitrogens with one attached hydrogen (secondary N) is 1. The fourth-order valence-corrected chi connectivity index (χ4v) is 2.69. The lowest BCUT2D eigenvalue weighted by molar-refractivity contribution is 0.0528. The Kier molecular flexibility index (Phi) is 4.47. The van der Waals surface area contributed by atoms with E-state index in [0.29, 0.717) is 18.9 Å². The number of ether oxygens (including phenoxy) is 1. The zero-order valence-corrected chi connectivity index (χ0v) is 14.4. The van der Waals surface area contributed by atoms with Crippen LogP contribution < -0.4 is 5.32 Å². The number of aromatic nitrogens is 2. The van der Waals surface area contributed by atoms with E-state index in [-0.39, 0.29) is 5.82 Å². The molecule has 130 valence electrons. The Morgan fingerprint density at radius 3 is 2.83 bits per heavy atom. The maximum Gasteiger partial charge on any atom is 0.407 e. The molecule has 1 amide bonds. The monoisotopic (exact) mass is 333 g/mol. The first-order valence-corrected chi connectivity index (χ1v) is 8.43. The predicted molar refractivity (Wildman–Crippen MR) is 90.4 cm³/mol. The summed E-state index contributed by atoms with van der Waals surface area (Å²) in [7, 11) is 0. The molecule has 1 N–H and O–H groups in total. The molecule has 3 rings (SSSR count). The van der Waals surface area contributed by atoms with E-state index in [1.54, 1.807) is 6.07 Å². The number of benzene rings is 1. The molecule has 0 unspecified atom stereocenters. The number of hydrogen-bond donors (Lipinski definition) is 1. The number of fused-ring (bicyclic) bond motifs is 1. The van der Waals surface area contributed by atoms with Gasteiger partial charge in [-0.15, -0.1) is 0 Å². The van der Waals surface area contributed by atoms with Gasteiger partial charge < -0.3 is 14.6 Å². The van der Waals surface area contributed by atoms with Gasteiger partial charge in [0.05, 0.1) is 11.0 Å². The summed E-state index contributed by atoms with van der Waals surface area (Å²) in [5.74, 6) is 1.28. The number of rotatable bonds is 5. The first-order chi connectivity index (χ1) is 11.3. The van der Waals surface area contributed by atoms with E-state index in [1.807, 2.05) is 20.8 Å². The van der Waals surface area contributed by atoms with Gasteiger partial charge in [0, 0.05) is 19.5 Å². The number of carbonyl (C=O) groups is 1. The number of alkyl carbamates (subject to hydrolysis) is 1. The molecule has 1 fully saturated rings. The second kappa shape index (κ2) is 6.42. The molecular formula is C18H24FN3O2. The minimum absolute atomic E-state index is 0.252. The Bertz CT molecular complexity index is 745. The third kappa shape index (κ3) is 4.24. The predicted octanol–water partition coefficient (Wildman–Crippen LogP) is 3.65. The molecule has 1 heterocycles. The number of imidazole rings is 1. The van der Waals surface area contributed by atoms with Crippen LogP contribution in [0.1, 0.15) is 39.4 Å². The third-order valence-corrected chi connectivity index (χ3v) is 3.94. The van der Waals surface area contributed by atoms with Crippen LogP contribution in [0.5, 0.6) is 0 Å². The van der Waals surface area contributed by atoms with Gasteiger partial charge in [-0.2, -0.15) is 0 Å². The Balaban J connectivity index is 1.70. The second-order valence-electron chi connectivity index (χ2n) is 7.39. The topological polar surface area (TPSA) is 56.1 Å². The SMILES string of the molecule is CC(C)(C)OC(=O)NCCc1nc2ccc(F)cc2n1CC1CC1. The van der Waals surface area contributed by atoms with Gasteiger partial charge in [-0.05, 0) is 57.7 Å². The lowest BCUT2D eigenvalue weighted by Crippen LogP contribution is -2.33. The Labute approximate surface area is 141 Å². The Hall–Kier alpha value is -2.11. The van der Waals surface area contributed by atoms with E-state index in [0.717, 1.165) is 23.4 Å². The molecule has 1 saturated carbocycles. The first kappa shape index (κ1) is 16.7. The quantitative estimate of drug-likeness (QED) is 0.908. The van der Waals surface area contributed by atoms with E-state index in [1.165, 1.54) is 25.0 Å². The lowest BCUT2D eigenvalue weighted by Gasteiger charge is -2.19. The van der Waals surface area contributed by atoms with Crippen LogP contribution in [0, 0.1) is 11.7 Å². The molecule has 0 atom stereocenters. The van der Waals surface area contributed by atoms with E-state index in [4.69, 9.17) is 4.74 Å². The molecule has 0 bridgehead atoms. The van der Waals surface area contributed by atoms with Crippen molar-refractivity contribution in [2.75, 3.05) is 6.54 Å². The summed E-state index contributed by atoms with van der Waals surface area (Å²) >= 11 is 0. The van der Waals surface area contributed by atoms with Crippen molar-refractivity contribution in [3.05, 3.63) is 29.8 Å². The number of hydrogen-bond acceptors (Lipinski definition) is 3. The van der Waals surface area contributed by atoms with Crippen molar-refractivity contribution in [1.82, 2.24) is 14.9 Å². The van der Waals surface area contributed by atoms with Gasteiger partial charge >= 0.3 is 6.09 Å². The molecule has 1 aliphatic carbocycles. The number of halogens is 1. The van der Waals surface area contributed by atoms with Crippen molar-refractivity contribution in [2.24, 2.45) is 5.92 Å². The average molecular weight is 333 g/mol. The van der Waals surface area contributed by atoms with Crippen molar-refractivity contribution < 1.29 is 13.9 Å². The second-order valence-corrected chi connectivity index (χ2v) is 7.39. The third-order valence-electron chi connectivity index (χ3n) is 3.94. The Morgan fingerprint density at radius 2 is 2.17 bits per heavy atom. The Morgan fingerprint density at radius 1 is 1.42 bits per heavy atom. The van der Waals surface area contributed by atoms with Crippen molar-refractivity contribution in [3.8, 4) is 0 Å². The summed E-state index contributed by atoms with van der Waals surface area (Å²) in [4.78, 5) is 16.3. The normalized spacial score (nSPS) is 14.8. The highest BCUT2D eigenvalue weighted by molar-refractivity contribution is 5.76. The smallest absolute Gasteiger partial charge is 0.407 e. The molecule has 1 aliphatic rings. The first-order valence-electron chi connectivity index (χ1n) is 8.43. The van der Waals surface area contributed by atoms with E-state index >= 15 is 0 Å². The summed E-state index contributed by atoms with van der Waals surface area (Å²) in [6, 6.07) is 4.67. The number of nitrogens with zero attached hydrogens (tertiary/aromatic N) is 2.